The third kappa shape index (κ3) is 4.21. The first-order chi connectivity index (χ1) is 14.0. The van der Waals surface area contributed by atoms with Gasteiger partial charge in [0, 0.05) is 11.3 Å². The van der Waals surface area contributed by atoms with Crippen LogP contribution in [0.3, 0.4) is 0 Å². The first-order valence-electron chi connectivity index (χ1n) is 9.44. The summed E-state index contributed by atoms with van der Waals surface area (Å²) in [6, 6.07) is 10.0. The molecule has 3 rings (SSSR count). The fraction of sp³-hybridized carbons (Fsp3) is 0.429. The van der Waals surface area contributed by atoms with E-state index in [1.165, 1.54) is 0 Å². The molecule has 1 atom stereocenters. The van der Waals surface area contributed by atoms with Crippen molar-refractivity contribution in [3.8, 4) is 5.75 Å². The fourth-order valence-electron chi connectivity index (χ4n) is 3.43. The third-order valence-corrected chi connectivity index (χ3v) is 5.23. The van der Waals surface area contributed by atoms with Gasteiger partial charge in [0.25, 0.3) is 5.60 Å². The molecule has 2 aromatic rings. The second-order valence-electron chi connectivity index (χ2n) is 7.23. The van der Waals surface area contributed by atoms with Gasteiger partial charge in [-0.1, -0.05) is 31.2 Å². The largest absolute Gasteiger partial charge is 0.489 e. The second-order valence-corrected chi connectivity index (χ2v) is 7.23. The highest BCUT2D eigenvalue weighted by atomic mass is 19.4. The maximum absolute atomic E-state index is 13.2. The van der Waals surface area contributed by atoms with Crippen molar-refractivity contribution in [2.45, 2.75) is 50.2 Å². The number of benzene rings is 2. The van der Waals surface area contributed by atoms with Gasteiger partial charge in [-0.05, 0) is 48.6 Å². The average molecular weight is 433 g/mol. The van der Waals surface area contributed by atoms with E-state index in [4.69, 9.17) is 4.74 Å². The molecule has 1 aliphatic heterocycles. The minimum Gasteiger partial charge on any atom is -0.489 e. The minimum absolute atomic E-state index is 0.194. The van der Waals surface area contributed by atoms with E-state index < -0.39 is 23.5 Å². The molecule has 0 fully saturated rings. The summed E-state index contributed by atoms with van der Waals surface area (Å²) >= 11 is 0. The summed E-state index contributed by atoms with van der Waals surface area (Å²) < 4.78 is 84.8. The van der Waals surface area contributed by atoms with E-state index in [1.807, 2.05) is 31.2 Å². The molecular weight excluding hydrogens is 412 g/mol. The molecule has 1 unspecified atom stereocenters. The molecule has 2 N–H and O–H groups in total. The predicted molar refractivity (Wildman–Crippen MR) is 99.5 cm³/mol. The molecule has 30 heavy (non-hydrogen) atoms. The number of alkyl halides is 6. The second kappa shape index (κ2) is 8.02. The molecule has 0 saturated heterocycles. The summed E-state index contributed by atoms with van der Waals surface area (Å²) in [6.45, 7) is 2.36. The molecular formula is C21H21F6NO2. The van der Waals surface area contributed by atoms with Crippen LogP contribution in [-0.2, 0) is 18.4 Å². The van der Waals surface area contributed by atoms with Gasteiger partial charge < -0.3 is 15.2 Å². The van der Waals surface area contributed by atoms with Crippen LogP contribution >= 0.6 is 0 Å². The van der Waals surface area contributed by atoms with Gasteiger partial charge in [-0.25, -0.2) is 0 Å². The lowest BCUT2D eigenvalue weighted by atomic mass is 9.89. The topological polar surface area (TPSA) is 41.5 Å². The number of rotatable bonds is 4. The number of hydrogen-bond acceptors (Lipinski definition) is 3. The smallest absolute Gasteiger partial charge is 0.430 e. The van der Waals surface area contributed by atoms with Gasteiger partial charge >= 0.3 is 12.4 Å². The fourth-order valence-corrected chi connectivity index (χ4v) is 3.43. The highest BCUT2D eigenvalue weighted by molar-refractivity contribution is 5.55. The van der Waals surface area contributed by atoms with E-state index >= 15 is 0 Å². The highest BCUT2D eigenvalue weighted by Gasteiger charge is 2.71. The monoisotopic (exact) mass is 433 g/mol. The van der Waals surface area contributed by atoms with Crippen LogP contribution in [0.2, 0.25) is 0 Å². The van der Waals surface area contributed by atoms with Crippen LogP contribution in [0.4, 0.5) is 32.0 Å². The van der Waals surface area contributed by atoms with Crippen molar-refractivity contribution >= 4 is 5.69 Å². The standard InChI is InChI=1S/C21H21F6NO2/c1-2-13-3-7-16(8-4-13)30-17-9-5-14-11-15(6-10-18(14)28-12-17)19(29,20(22,23)24)21(25,26)27/h3-4,6-8,10-11,17,28-29H,2,5,9,12H2,1H3. The van der Waals surface area contributed by atoms with Crippen molar-refractivity contribution in [1.29, 1.82) is 0 Å². The molecule has 0 bridgehead atoms. The highest BCUT2D eigenvalue weighted by Crippen LogP contribution is 2.50. The van der Waals surface area contributed by atoms with E-state index in [-0.39, 0.29) is 18.1 Å². The van der Waals surface area contributed by atoms with Crippen LogP contribution in [0.5, 0.6) is 5.75 Å². The van der Waals surface area contributed by atoms with E-state index in [1.54, 1.807) is 0 Å². The molecule has 0 radical (unpaired) electrons. The molecule has 9 heteroatoms. The summed E-state index contributed by atoms with van der Waals surface area (Å²) in [4.78, 5) is 0. The van der Waals surface area contributed by atoms with Crippen molar-refractivity contribution in [2.75, 3.05) is 11.9 Å². The number of aryl methyl sites for hydroxylation is 2. The summed E-state index contributed by atoms with van der Waals surface area (Å²) in [5.74, 6) is 0.633. The first kappa shape index (κ1) is 22.3. The maximum atomic E-state index is 13.2. The molecule has 2 aromatic carbocycles. The number of aliphatic hydroxyl groups is 1. The Kier molecular flexibility index (Phi) is 5.95. The Morgan fingerprint density at radius 2 is 1.63 bits per heavy atom. The van der Waals surface area contributed by atoms with Gasteiger partial charge in [0.2, 0.25) is 0 Å². The maximum Gasteiger partial charge on any atom is 0.430 e. The number of halogens is 6. The molecule has 0 spiro atoms. The van der Waals surface area contributed by atoms with Crippen LogP contribution in [0.15, 0.2) is 42.5 Å². The average Bonchev–Trinajstić information content (AvgIpc) is 2.88. The lowest BCUT2D eigenvalue weighted by Crippen LogP contribution is -2.53. The molecule has 3 nitrogen and oxygen atoms in total. The van der Waals surface area contributed by atoms with E-state index in [0.29, 0.717) is 30.5 Å². The number of anilines is 1. The Morgan fingerprint density at radius 3 is 2.20 bits per heavy atom. The van der Waals surface area contributed by atoms with Crippen LogP contribution < -0.4 is 10.1 Å². The van der Waals surface area contributed by atoms with Crippen molar-refractivity contribution in [3.63, 3.8) is 0 Å². The van der Waals surface area contributed by atoms with Gasteiger partial charge in [0.1, 0.15) is 11.9 Å². The number of nitrogens with one attached hydrogen (secondary N) is 1. The van der Waals surface area contributed by atoms with Crippen LogP contribution in [-0.4, -0.2) is 30.1 Å². The van der Waals surface area contributed by atoms with Gasteiger partial charge in [-0.15, -0.1) is 0 Å². The molecule has 164 valence electrons. The molecule has 0 saturated carbocycles. The molecule has 0 aromatic heterocycles. The molecule has 0 amide bonds. The Hall–Kier alpha value is -2.42. The van der Waals surface area contributed by atoms with Crippen molar-refractivity contribution in [2.24, 2.45) is 0 Å². The van der Waals surface area contributed by atoms with Gasteiger partial charge in [0.05, 0.1) is 6.54 Å². The predicted octanol–water partition coefficient (Wildman–Crippen LogP) is 5.37. The Morgan fingerprint density at radius 1 is 1.00 bits per heavy atom. The lowest BCUT2D eigenvalue weighted by molar-refractivity contribution is -0.376. The Balaban J connectivity index is 1.81. The van der Waals surface area contributed by atoms with Crippen molar-refractivity contribution < 1.29 is 36.2 Å². The molecule has 0 aliphatic carbocycles. The summed E-state index contributed by atoms with van der Waals surface area (Å²) in [5.41, 5.74) is -4.37. The quantitative estimate of drug-likeness (QED) is 0.638. The van der Waals surface area contributed by atoms with Crippen molar-refractivity contribution in [3.05, 3.63) is 59.2 Å². The van der Waals surface area contributed by atoms with Crippen LogP contribution in [0.25, 0.3) is 0 Å². The van der Waals surface area contributed by atoms with Crippen LogP contribution in [0, 0.1) is 0 Å². The number of fused-ring (bicyclic) bond motifs is 1. The first-order valence-corrected chi connectivity index (χ1v) is 9.44. The number of ether oxygens (including phenoxy) is 1. The summed E-state index contributed by atoms with van der Waals surface area (Å²) in [5, 5.41) is 12.6. The zero-order chi connectivity index (χ0) is 22.2. The summed E-state index contributed by atoms with van der Waals surface area (Å²) in [6.07, 6.45) is -10.7. The Labute approximate surface area is 169 Å². The van der Waals surface area contributed by atoms with Gasteiger partial charge in [0.15, 0.2) is 0 Å². The normalized spacial score (nSPS) is 17.7. The minimum atomic E-state index is -5.91. The summed E-state index contributed by atoms with van der Waals surface area (Å²) in [7, 11) is 0. The van der Waals surface area contributed by atoms with Crippen LogP contribution in [0.1, 0.15) is 30.0 Å². The van der Waals surface area contributed by atoms with Crippen molar-refractivity contribution in [1.82, 2.24) is 0 Å². The Bertz CT molecular complexity index is 863. The van der Waals surface area contributed by atoms with E-state index in [9.17, 15) is 31.4 Å². The van der Waals surface area contributed by atoms with Gasteiger partial charge in [-0.3, -0.25) is 0 Å². The molecule has 1 heterocycles. The number of hydrogen-bond donors (Lipinski definition) is 2. The third-order valence-electron chi connectivity index (χ3n) is 5.23. The zero-order valence-corrected chi connectivity index (χ0v) is 16.1. The van der Waals surface area contributed by atoms with E-state index in [2.05, 4.69) is 5.32 Å². The zero-order valence-electron chi connectivity index (χ0n) is 16.1. The molecule has 1 aliphatic rings. The SMILES string of the molecule is CCc1ccc(OC2CCc3cc(C(O)(C(F)(F)F)C(F)(F)F)ccc3NC2)cc1. The van der Waals surface area contributed by atoms with E-state index in [0.717, 1.165) is 24.1 Å². The lowest BCUT2D eigenvalue weighted by Gasteiger charge is -2.33. The van der Waals surface area contributed by atoms with Gasteiger partial charge in [-0.2, -0.15) is 26.3 Å².